The molecule has 0 spiro atoms. The van der Waals surface area contributed by atoms with Crippen molar-refractivity contribution in [2.45, 2.75) is 89.4 Å². The molecule has 0 heterocycles. The lowest BCUT2D eigenvalue weighted by atomic mass is 9.88. The highest BCUT2D eigenvalue weighted by Crippen LogP contribution is 2.27. The summed E-state index contributed by atoms with van der Waals surface area (Å²) >= 11 is 6.30. The summed E-state index contributed by atoms with van der Waals surface area (Å²) in [5, 5.41) is 3.34. The number of nitrogens with one attached hydrogen (secondary N) is 1. The Labute approximate surface area is 130 Å². The van der Waals surface area contributed by atoms with Gasteiger partial charge in [0.1, 0.15) is 0 Å². The fourth-order valence-electron chi connectivity index (χ4n) is 2.97. The van der Waals surface area contributed by atoms with Gasteiger partial charge in [-0.1, -0.05) is 58.3 Å². The van der Waals surface area contributed by atoms with E-state index in [-0.39, 0.29) is 11.3 Å². The van der Waals surface area contributed by atoms with Crippen molar-refractivity contribution in [3.05, 3.63) is 0 Å². The van der Waals surface area contributed by atoms with Gasteiger partial charge in [0.05, 0.1) is 0 Å². The largest absolute Gasteiger partial charge is 0.356 e. The Morgan fingerprint density at radius 2 is 1.70 bits per heavy atom. The van der Waals surface area contributed by atoms with E-state index in [0.29, 0.717) is 12.3 Å². The van der Waals surface area contributed by atoms with Crippen LogP contribution in [0.5, 0.6) is 0 Å². The van der Waals surface area contributed by atoms with Gasteiger partial charge >= 0.3 is 0 Å². The zero-order valence-corrected chi connectivity index (χ0v) is 13.9. The smallest absolute Gasteiger partial charge is 0.220 e. The van der Waals surface area contributed by atoms with Crippen LogP contribution in [0.25, 0.3) is 0 Å². The Bertz CT molecular complexity index is 257. The standard InChI is InChI=1S/C17H32ClNO/c1-2-3-4-5-6-7-8-13-17(20)19-14-15-11-9-10-12-16(15)18/h15-16H,2-14H2,1H3,(H,19,20). The summed E-state index contributed by atoms with van der Waals surface area (Å²) in [7, 11) is 0. The maximum Gasteiger partial charge on any atom is 0.220 e. The molecule has 1 rings (SSSR count). The third-order valence-electron chi connectivity index (χ3n) is 4.39. The predicted molar refractivity (Wildman–Crippen MR) is 87.2 cm³/mol. The summed E-state index contributed by atoms with van der Waals surface area (Å²) < 4.78 is 0. The summed E-state index contributed by atoms with van der Waals surface area (Å²) in [5.41, 5.74) is 0. The van der Waals surface area contributed by atoms with Crippen molar-refractivity contribution in [2.75, 3.05) is 6.54 Å². The SMILES string of the molecule is CCCCCCCCCC(=O)NCC1CCCCC1Cl. The summed E-state index contributed by atoms with van der Waals surface area (Å²) in [6, 6.07) is 0. The molecule has 1 aliphatic rings. The van der Waals surface area contributed by atoms with Gasteiger partial charge in [-0.2, -0.15) is 0 Å². The van der Waals surface area contributed by atoms with Gasteiger partial charge in [-0.15, -0.1) is 11.6 Å². The molecule has 1 N–H and O–H groups in total. The van der Waals surface area contributed by atoms with E-state index in [9.17, 15) is 4.79 Å². The number of unbranched alkanes of at least 4 members (excludes halogenated alkanes) is 6. The predicted octanol–water partition coefficient (Wildman–Crippen LogP) is 5.04. The van der Waals surface area contributed by atoms with Crippen LogP contribution in [0.3, 0.4) is 0 Å². The number of amides is 1. The number of halogens is 1. The second kappa shape index (κ2) is 11.4. The van der Waals surface area contributed by atoms with Crippen molar-refractivity contribution in [2.24, 2.45) is 5.92 Å². The normalized spacial score (nSPS) is 22.7. The van der Waals surface area contributed by atoms with Gasteiger partial charge in [-0.05, 0) is 25.2 Å². The van der Waals surface area contributed by atoms with Crippen molar-refractivity contribution in [3.8, 4) is 0 Å². The van der Waals surface area contributed by atoms with Gasteiger partial charge in [0.15, 0.2) is 0 Å². The Kier molecular flexibility index (Phi) is 10.2. The van der Waals surface area contributed by atoms with Gasteiger partial charge in [0.25, 0.3) is 0 Å². The highest BCUT2D eigenvalue weighted by Gasteiger charge is 2.23. The number of carbonyl (C=O) groups excluding carboxylic acids is 1. The summed E-state index contributed by atoms with van der Waals surface area (Å²) in [6.45, 7) is 3.02. The van der Waals surface area contributed by atoms with Gasteiger partial charge < -0.3 is 5.32 Å². The third kappa shape index (κ3) is 8.14. The molecule has 0 radical (unpaired) electrons. The molecular formula is C17H32ClNO. The van der Waals surface area contributed by atoms with Crippen LogP contribution < -0.4 is 5.32 Å². The molecule has 0 saturated heterocycles. The molecule has 20 heavy (non-hydrogen) atoms. The molecule has 0 aromatic carbocycles. The maximum atomic E-state index is 11.8. The lowest BCUT2D eigenvalue weighted by Gasteiger charge is -2.27. The second-order valence-electron chi connectivity index (χ2n) is 6.24. The average molecular weight is 302 g/mol. The van der Waals surface area contributed by atoms with E-state index < -0.39 is 0 Å². The summed E-state index contributed by atoms with van der Waals surface area (Å²) in [6.07, 6.45) is 14.3. The van der Waals surface area contributed by atoms with Crippen molar-refractivity contribution < 1.29 is 4.79 Å². The van der Waals surface area contributed by atoms with Crippen LogP contribution in [0.2, 0.25) is 0 Å². The van der Waals surface area contributed by atoms with Crippen LogP contribution in [0.1, 0.15) is 84.0 Å². The maximum absolute atomic E-state index is 11.8. The molecule has 0 aromatic heterocycles. The van der Waals surface area contributed by atoms with Gasteiger partial charge in [0.2, 0.25) is 5.91 Å². The van der Waals surface area contributed by atoms with Gasteiger partial charge in [-0.25, -0.2) is 0 Å². The molecule has 3 heteroatoms. The average Bonchev–Trinajstić information content (AvgIpc) is 2.45. The van der Waals surface area contributed by atoms with E-state index in [1.807, 2.05) is 0 Å². The summed E-state index contributed by atoms with van der Waals surface area (Å²) in [5.74, 6) is 0.705. The molecular weight excluding hydrogens is 270 g/mol. The van der Waals surface area contributed by atoms with Crippen LogP contribution >= 0.6 is 11.6 Å². The number of hydrogen-bond acceptors (Lipinski definition) is 1. The fraction of sp³-hybridized carbons (Fsp3) is 0.941. The Hall–Kier alpha value is -0.240. The highest BCUT2D eigenvalue weighted by atomic mass is 35.5. The third-order valence-corrected chi connectivity index (χ3v) is 4.96. The van der Waals surface area contributed by atoms with E-state index in [1.165, 1.54) is 57.8 Å². The Morgan fingerprint density at radius 1 is 1.05 bits per heavy atom. The second-order valence-corrected chi connectivity index (χ2v) is 6.80. The number of hydrogen-bond donors (Lipinski definition) is 1. The van der Waals surface area contributed by atoms with Crippen molar-refractivity contribution in [1.29, 1.82) is 0 Å². The minimum absolute atomic E-state index is 0.216. The van der Waals surface area contributed by atoms with Crippen molar-refractivity contribution in [3.63, 3.8) is 0 Å². The van der Waals surface area contributed by atoms with Crippen molar-refractivity contribution in [1.82, 2.24) is 5.32 Å². The molecule has 1 aliphatic carbocycles. The number of rotatable bonds is 10. The Morgan fingerprint density at radius 3 is 2.40 bits per heavy atom. The van der Waals surface area contributed by atoms with E-state index in [0.717, 1.165) is 19.4 Å². The first-order chi connectivity index (χ1) is 9.74. The van der Waals surface area contributed by atoms with Crippen LogP contribution in [0.15, 0.2) is 0 Å². The van der Waals surface area contributed by atoms with Crippen LogP contribution in [-0.2, 0) is 4.79 Å². The molecule has 0 bridgehead atoms. The van der Waals surface area contributed by atoms with Crippen LogP contribution in [0.4, 0.5) is 0 Å². The number of alkyl halides is 1. The van der Waals surface area contributed by atoms with Gasteiger partial charge in [0, 0.05) is 18.3 Å². The minimum atomic E-state index is 0.216. The number of carbonyl (C=O) groups is 1. The fourth-order valence-corrected chi connectivity index (χ4v) is 3.34. The summed E-state index contributed by atoms with van der Waals surface area (Å²) in [4.78, 5) is 11.8. The lowest BCUT2D eigenvalue weighted by Crippen LogP contribution is -2.34. The first-order valence-corrected chi connectivity index (χ1v) is 9.08. The van der Waals surface area contributed by atoms with E-state index in [1.54, 1.807) is 0 Å². The van der Waals surface area contributed by atoms with E-state index in [2.05, 4.69) is 12.2 Å². The molecule has 2 nitrogen and oxygen atoms in total. The molecule has 0 aromatic rings. The Balaban J connectivity index is 1.94. The molecule has 0 aliphatic heterocycles. The zero-order chi connectivity index (χ0) is 14.6. The minimum Gasteiger partial charge on any atom is -0.356 e. The van der Waals surface area contributed by atoms with Gasteiger partial charge in [-0.3, -0.25) is 4.79 Å². The molecule has 1 amide bonds. The van der Waals surface area contributed by atoms with Crippen LogP contribution in [-0.4, -0.2) is 17.8 Å². The van der Waals surface area contributed by atoms with Crippen LogP contribution in [0, 0.1) is 5.92 Å². The quantitative estimate of drug-likeness (QED) is 0.444. The first kappa shape index (κ1) is 17.8. The van der Waals surface area contributed by atoms with Crippen molar-refractivity contribution >= 4 is 17.5 Å². The van der Waals surface area contributed by atoms with E-state index in [4.69, 9.17) is 11.6 Å². The lowest BCUT2D eigenvalue weighted by molar-refractivity contribution is -0.121. The monoisotopic (exact) mass is 301 g/mol. The molecule has 1 saturated carbocycles. The molecule has 118 valence electrons. The first-order valence-electron chi connectivity index (χ1n) is 8.64. The molecule has 1 fully saturated rings. The molecule has 2 atom stereocenters. The molecule has 2 unspecified atom stereocenters. The zero-order valence-electron chi connectivity index (χ0n) is 13.1. The van der Waals surface area contributed by atoms with E-state index >= 15 is 0 Å². The topological polar surface area (TPSA) is 29.1 Å². The highest BCUT2D eigenvalue weighted by molar-refractivity contribution is 6.20.